The summed E-state index contributed by atoms with van der Waals surface area (Å²) in [6.45, 7) is 11.7. The van der Waals surface area contributed by atoms with Crippen LogP contribution in [0.1, 0.15) is 51.2 Å². The molecule has 0 spiro atoms. The topological polar surface area (TPSA) is 44.4 Å². The summed E-state index contributed by atoms with van der Waals surface area (Å²) in [7, 11) is 0. The fourth-order valence-electron chi connectivity index (χ4n) is 4.33. The van der Waals surface area contributed by atoms with Gasteiger partial charge in [-0.3, -0.25) is 9.69 Å². The molecule has 2 atom stereocenters. The van der Waals surface area contributed by atoms with Crippen LogP contribution in [-0.2, 0) is 17.8 Å². The quantitative estimate of drug-likeness (QED) is 0.823. The van der Waals surface area contributed by atoms with E-state index in [0.717, 1.165) is 32.6 Å². The van der Waals surface area contributed by atoms with Crippen molar-refractivity contribution in [2.24, 2.45) is 11.8 Å². The summed E-state index contributed by atoms with van der Waals surface area (Å²) in [6, 6.07) is 8.72. The van der Waals surface area contributed by atoms with Gasteiger partial charge < -0.3 is 10.6 Å². The minimum absolute atomic E-state index is 0.0289. The molecule has 1 fully saturated rings. The molecule has 2 heterocycles. The fourth-order valence-corrected chi connectivity index (χ4v) is 4.33. The van der Waals surface area contributed by atoms with Gasteiger partial charge in [0.1, 0.15) is 0 Å². The third-order valence-corrected chi connectivity index (χ3v) is 6.35. The Morgan fingerprint density at radius 3 is 2.85 bits per heavy atom. The number of carbonyl (C=O) groups is 1. The standard InChI is InChI=1S/C22H35N3O/c1-17(19-9-6-11-23-14-19)13-21(26)24-16-22(2,3)25-12-10-18-7-4-5-8-20(18)15-25/h4-5,7-8,17,19,23H,6,9-16H2,1-3H3,(H,24,26). The molecule has 26 heavy (non-hydrogen) atoms. The summed E-state index contributed by atoms with van der Waals surface area (Å²) >= 11 is 0. The number of piperidine rings is 1. The molecule has 1 amide bonds. The molecule has 1 aromatic carbocycles. The number of nitrogens with zero attached hydrogens (tertiary/aromatic N) is 1. The third-order valence-electron chi connectivity index (χ3n) is 6.35. The largest absolute Gasteiger partial charge is 0.354 e. The molecule has 0 radical (unpaired) electrons. The maximum atomic E-state index is 12.5. The highest BCUT2D eigenvalue weighted by Gasteiger charge is 2.30. The van der Waals surface area contributed by atoms with Gasteiger partial charge in [0, 0.05) is 31.6 Å². The molecule has 1 saturated heterocycles. The maximum absolute atomic E-state index is 12.5. The number of benzene rings is 1. The van der Waals surface area contributed by atoms with Gasteiger partial charge in [0.05, 0.1) is 0 Å². The Morgan fingerprint density at radius 1 is 1.35 bits per heavy atom. The first-order valence-corrected chi connectivity index (χ1v) is 10.2. The molecule has 2 N–H and O–H groups in total. The number of hydrogen-bond acceptors (Lipinski definition) is 3. The lowest BCUT2D eigenvalue weighted by molar-refractivity contribution is -0.123. The van der Waals surface area contributed by atoms with Crippen LogP contribution in [0.25, 0.3) is 0 Å². The van der Waals surface area contributed by atoms with E-state index in [1.807, 2.05) is 0 Å². The molecular weight excluding hydrogens is 322 g/mol. The molecule has 3 rings (SSSR count). The van der Waals surface area contributed by atoms with Crippen molar-refractivity contribution < 1.29 is 4.79 Å². The first-order valence-electron chi connectivity index (χ1n) is 10.2. The van der Waals surface area contributed by atoms with Gasteiger partial charge in [-0.15, -0.1) is 0 Å². The van der Waals surface area contributed by atoms with E-state index in [1.165, 1.54) is 24.0 Å². The van der Waals surface area contributed by atoms with Crippen LogP contribution in [0.5, 0.6) is 0 Å². The van der Waals surface area contributed by atoms with Crippen LogP contribution in [-0.4, -0.2) is 42.5 Å². The molecule has 0 bridgehead atoms. The average Bonchev–Trinajstić information content (AvgIpc) is 2.67. The van der Waals surface area contributed by atoms with E-state index in [1.54, 1.807) is 0 Å². The van der Waals surface area contributed by atoms with Crippen molar-refractivity contribution in [3.63, 3.8) is 0 Å². The fraction of sp³-hybridized carbons (Fsp3) is 0.682. The molecule has 144 valence electrons. The Labute approximate surface area is 158 Å². The highest BCUT2D eigenvalue weighted by atomic mass is 16.1. The van der Waals surface area contributed by atoms with E-state index in [4.69, 9.17) is 0 Å². The smallest absolute Gasteiger partial charge is 0.220 e. The van der Waals surface area contributed by atoms with Gasteiger partial charge in [0.15, 0.2) is 0 Å². The molecule has 2 aliphatic heterocycles. The lowest BCUT2D eigenvalue weighted by Gasteiger charge is -2.41. The number of nitrogens with one attached hydrogen (secondary N) is 2. The summed E-state index contributed by atoms with van der Waals surface area (Å²) < 4.78 is 0. The van der Waals surface area contributed by atoms with Crippen molar-refractivity contribution in [2.45, 2.75) is 58.5 Å². The maximum Gasteiger partial charge on any atom is 0.220 e. The monoisotopic (exact) mass is 357 g/mol. The van der Waals surface area contributed by atoms with Gasteiger partial charge in [-0.2, -0.15) is 0 Å². The molecule has 4 heteroatoms. The van der Waals surface area contributed by atoms with E-state index < -0.39 is 0 Å². The number of rotatable bonds is 6. The van der Waals surface area contributed by atoms with E-state index in [-0.39, 0.29) is 11.4 Å². The molecule has 0 saturated carbocycles. The molecule has 1 aromatic rings. The number of carbonyl (C=O) groups excluding carboxylic acids is 1. The van der Waals surface area contributed by atoms with Crippen LogP contribution in [0, 0.1) is 11.8 Å². The Hall–Kier alpha value is -1.39. The normalized spacial score (nSPS) is 22.5. The number of hydrogen-bond donors (Lipinski definition) is 2. The molecular formula is C22H35N3O. The zero-order chi connectivity index (χ0) is 18.6. The second-order valence-corrected chi connectivity index (χ2v) is 8.82. The van der Waals surface area contributed by atoms with Crippen LogP contribution in [0.15, 0.2) is 24.3 Å². The molecule has 2 unspecified atom stereocenters. The third kappa shape index (κ3) is 4.86. The molecule has 4 nitrogen and oxygen atoms in total. The highest BCUT2D eigenvalue weighted by molar-refractivity contribution is 5.76. The van der Waals surface area contributed by atoms with Crippen LogP contribution in [0.4, 0.5) is 0 Å². The van der Waals surface area contributed by atoms with Crippen LogP contribution in [0.3, 0.4) is 0 Å². The van der Waals surface area contributed by atoms with E-state index in [2.05, 4.69) is 60.6 Å². The highest BCUT2D eigenvalue weighted by Crippen LogP contribution is 2.25. The minimum Gasteiger partial charge on any atom is -0.354 e. The van der Waals surface area contributed by atoms with Gasteiger partial charge in [-0.25, -0.2) is 0 Å². The average molecular weight is 358 g/mol. The first kappa shape index (κ1) is 19.4. The number of amides is 1. The Bertz CT molecular complexity index is 607. The van der Waals surface area contributed by atoms with Crippen LogP contribution >= 0.6 is 0 Å². The van der Waals surface area contributed by atoms with E-state index >= 15 is 0 Å². The van der Waals surface area contributed by atoms with Gasteiger partial charge in [-0.1, -0.05) is 31.2 Å². The molecule has 0 aliphatic carbocycles. The van der Waals surface area contributed by atoms with Crippen molar-refractivity contribution in [2.75, 3.05) is 26.2 Å². The minimum atomic E-state index is -0.0289. The predicted octanol–water partition coefficient (Wildman–Crippen LogP) is 2.97. The summed E-state index contributed by atoms with van der Waals surface area (Å²) in [5, 5.41) is 6.67. The van der Waals surface area contributed by atoms with Gasteiger partial charge in [-0.05, 0) is 69.2 Å². The lowest BCUT2D eigenvalue weighted by atomic mass is 9.85. The second-order valence-electron chi connectivity index (χ2n) is 8.82. The van der Waals surface area contributed by atoms with Gasteiger partial charge in [0.2, 0.25) is 5.91 Å². The van der Waals surface area contributed by atoms with E-state index in [9.17, 15) is 4.79 Å². The summed E-state index contributed by atoms with van der Waals surface area (Å²) in [5.74, 6) is 1.29. The Balaban J connectivity index is 1.47. The van der Waals surface area contributed by atoms with Gasteiger partial charge >= 0.3 is 0 Å². The number of fused-ring (bicyclic) bond motifs is 1. The summed E-state index contributed by atoms with van der Waals surface area (Å²) in [5.41, 5.74) is 2.87. The lowest BCUT2D eigenvalue weighted by Crippen LogP contribution is -2.53. The second kappa shape index (κ2) is 8.53. The zero-order valence-electron chi connectivity index (χ0n) is 16.7. The summed E-state index contributed by atoms with van der Waals surface area (Å²) in [6.07, 6.45) is 4.23. The van der Waals surface area contributed by atoms with Crippen LogP contribution < -0.4 is 10.6 Å². The van der Waals surface area contributed by atoms with Crippen molar-refractivity contribution >= 4 is 5.91 Å². The SMILES string of the molecule is CC(CC(=O)NCC(C)(C)N1CCc2ccccc2C1)C1CCCNC1. The van der Waals surface area contributed by atoms with E-state index in [0.29, 0.717) is 24.8 Å². The van der Waals surface area contributed by atoms with Crippen molar-refractivity contribution in [1.82, 2.24) is 15.5 Å². The van der Waals surface area contributed by atoms with Crippen molar-refractivity contribution in [3.8, 4) is 0 Å². The molecule has 2 aliphatic rings. The summed E-state index contributed by atoms with van der Waals surface area (Å²) in [4.78, 5) is 15.0. The van der Waals surface area contributed by atoms with Crippen LogP contribution in [0.2, 0.25) is 0 Å². The zero-order valence-corrected chi connectivity index (χ0v) is 16.7. The first-order chi connectivity index (χ1) is 12.5. The Morgan fingerprint density at radius 2 is 2.12 bits per heavy atom. The Kier molecular flexibility index (Phi) is 6.36. The molecule has 0 aromatic heterocycles. The van der Waals surface area contributed by atoms with Crippen molar-refractivity contribution in [1.29, 1.82) is 0 Å². The predicted molar refractivity (Wildman–Crippen MR) is 107 cm³/mol. The van der Waals surface area contributed by atoms with Crippen molar-refractivity contribution in [3.05, 3.63) is 35.4 Å². The van der Waals surface area contributed by atoms with Gasteiger partial charge in [0.25, 0.3) is 0 Å².